The number of thioether (sulfide) groups is 1. The molecule has 2 aromatic rings. The van der Waals surface area contributed by atoms with Gasteiger partial charge < -0.3 is 34.9 Å². The first-order valence-electron chi connectivity index (χ1n) is 10.2. The van der Waals surface area contributed by atoms with Gasteiger partial charge in [0.1, 0.15) is 11.6 Å². The fraction of sp³-hybridized carbons (Fsp3) is 0.476. The van der Waals surface area contributed by atoms with Gasteiger partial charge in [0.05, 0.1) is 23.6 Å². The lowest BCUT2D eigenvalue weighted by molar-refractivity contribution is -0.123. The van der Waals surface area contributed by atoms with Crippen molar-refractivity contribution in [3.8, 4) is 11.5 Å². The summed E-state index contributed by atoms with van der Waals surface area (Å²) >= 11 is 1.51. The van der Waals surface area contributed by atoms with Gasteiger partial charge in [0.15, 0.2) is 11.5 Å². The Balaban J connectivity index is 1.89. The fourth-order valence-corrected chi connectivity index (χ4v) is 3.82. The monoisotopic (exact) mass is 465 g/mol. The average Bonchev–Trinajstić information content (AvgIpc) is 3.26. The molecule has 10 nitrogen and oxygen atoms in total. The molecule has 174 valence electrons. The number of amides is 2. The third kappa shape index (κ3) is 5.17. The zero-order valence-corrected chi connectivity index (χ0v) is 18.7. The number of aliphatic hydroxyl groups excluding tert-OH is 2. The number of aryl methyl sites for hydroxylation is 1. The first-order valence-corrected chi connectivity index (χ1v) is 11.6. The summed E-state index contributed by atoms with van der Waals surface area (Å²) in [5, 5.41) is 23.9. The Bertz CT molecular complexity index is 1060. The third-order valence-corrected chi connectivity index (χ3v) is 5.76. The van der Waals surface area contributed by atoms with Gasteiger partial charge in [0, 0.05) is 25.4 Å². The van der Waals surface area contributed by atoms with Crippen LogP contribution in [-0.2, 0) is 11.3 Å². The SMILES string of the molecule is CCn1cc(C(=O)N[C@@H](CCSC)C(=O)NC[C@H](O)CO)c(=O)c2cc3c(cc21)OCO3. The first-order chi connectivity index (χ1) is 15.4. The molecule has 0 bridgehead atoms. The minimum Gasteiger partial charge on any atom is -0.454 e. The molecule has 1 aliphatic heterocycles. The molecule has 0 aliphatic carbocycles. The molecular formula is C21H27N3O7S. The van der Waals surface area contributed by atoms with Crippen LogP contribution < -0.4 is 25.5 Å². The van der Waals surface area contributed by atoms with Gasteiger partial charge in [-0.1, -0.05) is 0 Å². The van der Waals surface area contributed by atoms with E-state index in [0.29, 0.717) is 41.1 Å². The molecule has 32 heavy (non-hydrogen) atoms. The highest BCUT2D eigenvalue weighted by Crippen LogP contribution is 2.35. The number of ether oxygens (including phenoxy) is 2. The van der Waals surface area contributed by atoms with E-state index in [4.69, 9.17) is 14.6 Å². The summed E-state index contributed by atoms with van der Waals surface area (Å²) in [5.41, 5.74) is 0.0590. The maximum Gasteiger partial charge on any atom is 0.257 e. The molecule has 0 radical (unpaired) electrons. The van der Waals surface area contributed by atoms with Crippen LogP contribution in [0.1, 0.15) is 23.7 Å². The van der Waals surface area contributed by atoms with E-state index >= 15 is 0 Å². The molecule has 0 saturated heterocycles. The summed E-state index contributed by atoms with van der Waals surface area (Å²) in [6.45, 7) is 1.82. The number of fused-ring (bicyclic) bond motifs is 2. The van der Waals surface area contributed by atoms with Crippen molar-refractivity contribution in [1.29, 1.82) is 0 Å². The van der Waals surface area contributed by atoms with Crippen LogP contribution in [0.5, 0.6) is 11.5 Å². The van der Waals surface area contributed by atoms with E-state index in [9.17, 15) is 19.5 Å². The lowest BCUT2D eigenvalue weighted by Gasteiger charge is -2.19. The summed E-state index contributed by atoms with van der Waals surface area (Å²) in [5.74, 6) is 0.409. The van der Waals surface area contributed by atoms with Crippen LogP contribution >= 0.6 is 11.8 Å². The number of aromatic nitrogens is 1. The van der Waals surface area contributed by atoms with Crippen LogP contribution in [0.25, 0.3) is 10.9 Å². The van der Waals surface area contributed by atoms with E-state index in [0.717, 1.165) is 0 Å². The predicted octanol–water partition coefficient (Wildman–Crippen LogP) is 0.0710. The van der Waals surface area contributed by atoms with Crippen molar-refractivity contribution in [3.05, 3.63) is 34.1 Å². The van der Waals surface area contributed by atoms with Gasteiger partial charge in [-0.2, -0.15) is 11.8 Å². The molecule has 0 saturated carbocycles. The second kappa shape index (κ2) is 10.7. The fourth-order valence-electron chi connectivity index (χ4n) is 3.35. The molecule has 11 heteroatoms. The molecule has 3 rings (SSSR count). The van der Waals surface area contributed by atoms with E-state index in [1.165, 1.54) is 18.0 Å². The van der Waals surface area contributed by atoms with Crippen molar-refractivity contribution >= 4 is 34.5 Å². The highest BCUT2D eigenvalue weighted by molar-refractivity contribution is 7.98. The number of carbonyl (C=O) groups is 2. The van der Waals surface area contributed by atoms with Gasteiger partial charge in [-0.15, -0.1) is 0 Å². The number of rotatable bonds is 10. The van der Waals surface area contributed by atoms with Crippen LogP contribution in [0.3, 0.4) is 0 Å². The number of pyridine rings is 1. The van der Waals surface area contributed by atoms with Crippen LogP contribution in [-0.4, -0.2) is 70.7 Å². The number of nitrogens with one attached hydrogen (secondary N) is 2. The van der Waals surface area contributed by atoms with Gasteiger partial charge in [-0.3, -0.25) is 14.4 Å². The number of hydrogen-bond donors (Lipinski definition) is 4. The summed E-state index contributed by atoms with van der Waals surface area (Å²) in [6.07, 6.45) is 2.59. The molecule has 2 atom stereocenters. The van der Waals surface area contributed by atoms with Gasteiger partial charge in [0.25, 0.3) is 5.91 Å². The normalized spacial score (nSPS) is 14.2. The molecule has 1 aliphatic rings. The van der Waals surface area contributed by atoms with E-state index in [-0.39, 0.29) is 18.9 Å². The highest BCUT2D eigenvalue weighted by Gasteiger charge is 2.25. The minimum absolute atomic E-state index is 0.0660. The predicted molar refractivity (Wildman–Crippen MR) is 120 cm³/mol. The van der Waals surface area contributed by atoms with Crippen molar-refractivity contribution in [2.45, 2.75) is 32.0 Å². The van der Waals surface area contributed by atoms with Crippen molar-refractivity contribution in [1.82, 2.24) is 15.2 Å². The van der Waals surface area contributed by atoms with Gasteiger partial charge in [-0.05, 0) is 31.4 Å². The zero-order valence-electron chi connectivity index (χ0n) is 17.9. The van der Waals surface area contributed by atoms with Crippen molar-refractivity contribution in [2.75, 3.05) is 32.0 Å². The second-order valence-corrected chi connectivity index (χ2v) is 8.26. The Hall–Kier alpha value is -2.76. The lowest BCUT2D eigenvalue weighted by atomic mass is 10.1. The molecule has 1 aromatic heterocycles. The van der Waals surface area contributed by atoms with E-state index in [1.807, 2.05) is 13.2 Å². The quantitative estimate of drug-likeness (QED) is 0.387. The smallest absolute Gasteiger partial charge is 0.257 e. The van der Waals surface area contributed by atoms with Gasteiger partial charge in [-0.25, -0.2) is 0 Å². The summed E-state index contributed by atoms with van der Waals surface area (Å²) in [4.78, 5) is 38.7. The van der Waals surface area contributed by atoms with Gasteiger partial charge >= 0.3 is 0 Å². The van der Waals surface area contributed by atoms with E-state index in [2.05, 4.69) is 10.6 Å². The largest absolute Gasteiger partial charge is 0.454 e. The number of hydrogen-bond acceptors (Lipinski definition) is 8. The maximum atomic E-state index is 13.1. The molecule has 0 spiro atoms. The maximum absolute atomic E-state index is 13.1. The zero-order chi connectivity index (χ0) is 23.3. The Morgan fingerprint density at radius 3 is 2.66 bits per heavy atom. The Kier molecular flexibility index (Phi) is 7.99. The van der Waals surface area contributed by atoms with E-state index in [1.54, 1.807) is 16.7 Å². The highest BCUT2D eigenvalue weighted by atomic mass is 32.2. The molecule has 2 heterocycles. The van der Waals surface area contributed by atoms with Crippen LogP contribution in [0.2, 0.25) is 0 Å². The standard InChI is InChI=1S/C21H27N3O7S/c1-3-24-9-14(19(27)13-6-17-18(7-16(13)24)31-11-30-17)20(28)23-15(4-5-32-2)21(29)22-8-12(26)10-25/h6-7,9,12,15,25-26H,3-5,8,10-11H2,1-2H3,(H,22,29)(H,23,28)/t12-,15-/m0/s1. The number of nitrogens with zero attached hydrogens (tertiary/aromatic N) is 1. The summed E-state index contributed by atoms with van der Waals surface area (Å²) in [6, 6.07) is 2.38. The van der Waals surface area contributed by atoms with Crippen molar-refractivity contribution in [3.63, 3.8) is 0 Å². The molecule has 0 fully saturated rings. The molecular weight excluding hydrogens is 438 g/mol. The first kappa shape index (κ1) is 23.9. The Labute approximate surface area is 188 Å². The molecule has 2 amide bonds. The van der Waals surface area contributed by atoms with Crippen LogP contribution in [0.15, 0.2) is 23.1 Å². The topological polar surface area (TPSA) is 139 Å². The van der Waals surface area contributed by atoms with Gasteiger partial charge in [0.2, 0.25) is 18.1 Å². The lowest BCUT2D eigenvalue weighted by Crippen LogP contribution is -2.49. The Morgan fingerprint density at radius 2 is 2.00 bits per heavy atom. The molecule has 0 unspecified atom stereocenters. The van der Waals surface area contributed by atoms with E-state index < -0.39 is 36.0 Å². The average molecular weight is 466 g/mol. The Morgan fingerprint density at radius 1 is 1.28 bits per heavy atom. The minimum atomic E-state index is -1.10. The van der Waals surface area contributed by atoms with Crippen LogP contribution in [0.4, 0.5) is 0 Å². The number of benzene rings is 1. The third-order valence-electron chi connectivity index (χ3n) is 5.11. The van der Waals surface area contributed by atoms with Crippen LogP contribution in [0, 0.1) is 0 Å². The molecule has 4 N–H and O–H groups in total. The van der Waals surface area contributed by atoms with Crippen molar-refractivity contribution in [2.24, 2.45) is 0 Å². The second-order valence-electron chi connectivity index (χ2n) is 7.27. The summed E-state index contributed by atoms with van der Waals surface area (Å²) in [7, 11) is 0. The van der Waals surface area contributed by atoms with Crippen molar-refractivity contribution < 1.29 is 29.3 Å². The molecule has 1 aromatic carbocycles. The number of aliphatic hydroxyl groups is 2. The number of carbonyl (C=O) groups excluding carboxylic acids is 2. The summed E-state index contributed by atoms with van der Waals surface area (Å²) < 4.78 is 12.5.